The summed E-state index contributed by atoms with van der Waals surface area (Å²) in [5, 5.41) is 3.27. The Labute approximate surface area is 110 Å². The van der Waals surface area contributed by atoms with Crippen molar-refractivity contribution in [3.05, 3.63) is 16.1 Å². The van der Waals surface area contributed by atoms with Crippen molar-refractivity contribution in [2.24, 2.45) is 0 Å². The predicted octanol–water partition coefficient (Wildman–Crippen LogP) is 3.18. The van der Waals surface area contributed by atoms with Crippen molar-refractivity contribution in [2.45, 2.75) is 0 Å². The molecule has 1 aromatic carbocycles. The number of carbonyl (C=O) groups is 1. The molecule has 0 fully saturated rings. The van der Waals surface area contributed by atoms with Crippen molar-refractivity contribution < 1.29 is 4.79 Å². The van der Waals surface area contributed by atoms with Gasteiger partial charge in [0, 0.05) is 0 Å². The fourth-order valence-corrected chi connectivity index (χ4v) is 2.39. The molecule has 84 valence electrons. The zero-order valence-corrected chi connectivity index (χ0v) is 10.7. The molecule has 1 N–H and O–H groups in total. The molecular formula is C8H4Cl3N3OS. The average Bonchev–Trinajstić information content (AvgIpc) is 2.73. The van der Waals surface area contributed by atoms with E-state index in [1.807, 2.05) is 0 Å². The average molecular weight is 297 g/mol. The lowest BCUT2D eigenvalue weighted by molar-refractivity contribution is -0.113. The summed E-state index contributed by atoms with van der Waals surface area (Å²) in [6.45, 7) is 0. The monoisotopic (exact) mass is 295 g/mol. The first-order valence-corrected chi connectivity index (χ1v) is 6.11. The number of carbonyl (C=O) groups excluding carboxylic acids is 1. The summed E-state index contributed by atoms with van der Waals surface area (Å²) in [6.07, 6.45) is 0. The van der Waals surface area contributed by atoms with Gasteiger partial charge in [0.2, 0.25) is 5.91 Å². The Morgan fingerprint density at radius 3 is 2.69 bits per heavy atom. The van der Waals surface area contributed by atoms with E-state index in [0.717, 1.165) is 11.7 Å². The van der Waals surface area contributed by atoms with E-state index >= 15 is 0 Å². The van der Waals surface area contributed by atoms with Crippen molar-refractivity contribution >= 4 is 69.2 Å². The number of anilines is 1. The number of halogens is 3. The molecule has 0 aliphatic heterocycles. The highest BCUT2D eigenvalue weighted by Crippen LogP contribution is 2.35. The Morgan fingerprint density at radius 2 is 2.00 bits per heavy atom. The van der Waals surface area contributed by atoms with E-state index in [9.17, 15) is 4.79 Å². The third kappa shape index (κ3) is 2.08. The van der Waals surface area contributed by atoms with Crippen LogP contribution in [0.3, 0.4) is 0 Å². The molecule has 0 bridgehead atoms. The third-order valence-corrected chi connectivity index (χ3v) is 3.19. The molecule has 0 atom stereocenters. The quantitative estimate of drug-likeness (QED) is 0.866. The number of amides is 1. The first kappa shape index (κ1) is 11.9. The van der Waals surface area contributed by atoms with Gasteiger partial charge in [-0.05, 0) is 6.07 Å². The zero-order chi connectivity index (χ0) is 11.7. The summed E-state index contributed by atoms with van der Waals surface area (Å²) in [4.78, 5) is 11.2. The van der Waals surface area contributed by atoms with Gasteiger partial charge in [-0.2, -0.15) is 8.75 Å². The SMILES string of the molecule is O=C(CCl)Nc1c(Cl)cc(Cl)c2nsnc12. The van der Waals surface area contributed by atoms with Crippen LogP contribution in [0.5, 0.6) is 0 Å². The highest BCUT2D eigenvalue weighted by atomic mass is 35.5. The number of nitrogens with one attached hydrogen (secondary N) is 1. The van der Waals surface area contributed by atoms with Gasteiger partial charge >= 0.3 is 0 Å². The third-order valence-electron chi connectivity index (χ3n) is 1.83. The minimum atomic E-state index is -0.361. The lowest BCUT2D eigenvalue weighted by atomic mass is 10.2. The van der Waals surface area contributed by atoms with Crippen LogP contribution in [0.1, 0.15) is 0 Å². The molecule has 0 radical (unpaired) electrons. The zero-order valence-electron chi connectivity index (χ0n) is 7.63. The van der Waals surface area contributed by atoms with Crippen molar-refractivity contribution in [1.29, 1.82) is 0 Å². The second-order valence-corrected chi connectivity index (χ2v) is 4.47. The second-order valence-electron chi connectivity index (χ2n) is 2.86. The topological polar surface area (TPSA) is 54.9 Å². The van der Waals surface area contributed by atoms with Gasteiger partial charge in [-0.25, -0.2) is 0 Å². The molecule has 0 unspecified atom stereocenters. The Hall–Kier alpha value is -0.620. The normalized spacial score (nSPS) is 10.7. The van der Waals surface area contributed by atoms with Crippen LogP contribution in [0.4, 0.5) is 5.69 Å². The largest absolute Gasteiger partial charge is 0.322 e. The van der Waals surface area contributed by atoms with E-state index in [-0.39, 0.29) is 11.8 Å². The molecule has 0 saturated heterocycles. The lowest BCUT2D eigenvalue weighted by Crippen LogP contribution is -2.13. The maximum absolute atomic E-state index is 11.2. The standard InChI is InChI=1S/C8H4Cl3N3OS/c9-2-5(15)12-6-3(10)1-4(11)7-8(6)14-16-13-7/h1H,2H2,(H,12,15). The molecule has 16 heavy (non-hydrogen) atoms. The number of benzene rings is 1. The van der Waals surface area contributed by atoms with Gasteiger partial charge in [-0.1, -0.05) is 23.2 Å². The summed E-state index contributed by atoms with van der Waals surface area (Å²) in [7, 11) is 0. The van der Waals surface area contributed by atoms with Gasteiger partial charge in [0.1, 0.15) is 16.9 Å². The van der Waals surface area contributed by atoms with Gasteiger partial charge in [-0.15, -0.1) is 11.6 Å². The van der Waals surface area contributed by atoms with E-state index in [1.54, 1.807) is 0 Å². The molecule has 8 heteroatoms. The maximum Gasteiger partial charge on any atom is 0.239 e. The van der Waals surface area contributed by atoms with Gasteiger partial charge in [0.25, 0.3) is 0 Å². The minimum absolute atomic E-state index is 0.155. The van der Waals surface area contributed by atoms with Crippen molar-refractivity contribution in [3.8, 4) is 0 Å². The molecule has 0 saturated carbocycles. The maximum atomic E-state index is 11.2. The van der Waals surface area contributed by atoms with Crippen LogP contribution in [0, 0.1) is 0 Å². The van der Waals surface area contributed by atoms with Gasteiger partial charge in [0.15, 0.2) is 0 Å². The number of aromatic nitrogens is 2. The molecule has 2 rings (SSSR count). The van der Waals surface area contributed by atoms with Gasteiger partial charge in [-0.3, -0.25) is 4.79 Å². The van der Waals surface area contributed by atoms with E-state index < -0.39 is 0 Å². The molecule has 4 nitrogen and oxygen atoms in total. The summed E-state index contributed by atoms with van der Waals surface area (Å²) >= 11 is 18.3. The predicted molar refractivity (Wildman–Crippen MR) is 66.8 cm³/mol. The van der Waals surface area contributed by atoms with Crippen LogP contribution in [-0.2, 0) is 4.79 Å². The number of hydrogen-bond donors (Lipinski definition) is 1. The molecule has 0 spiro atoms. The number of rotatable bonds is 2. The summed E-state index contributed by atoms with van der Waals surface area (Å²) in [6, 6.07) is 1.51. The van der Waals surface area contributed by atoms with Crippen molar-refractivity contribution in [2.75, 3.05) is 11.2 Å². The Balaban J connectivity index is 2.59. The van der Waals surface area contributed by atoms with Gasteiger partial charge < -0.3 is 5.32 Å². The van der Waals surface area contributed by atoms with E-state index in [2.05, 4.69) is 14.1 Å². The van der Waals surface area contributed by atoms with Crippen LogP contribution in [0.2, 0.25) is 10.0 Å². The number of fused-ring (bicyclic) bond motifs is 1. The van der Waals surface area contributed by atoms with Crippen LogP contribution in [-0.4, -0.2) is 20.5 Å². The molecule has 1 aromatic heterocycles. The molecule has 0 aliphatic rings. The fourth-order valence-electron chi connectivity index (χ4n) is 1.17. The van der Waals surface area contributed by atoms with Crippen LogP contribution < -0.4 is 5.32 Å². The lowest BCUT2D eigenvalue weighted by Gasteiger charge is -2.06. The fraction of sp³-hybridized carbons (Fsp3) is 0.125. The molecule has 0 aliphatic carbocycles. The number of nitrogens with zero attached hydrogens (tertiary/aromatic N) is 2. The van der Waals surface area contributed by atoms with E-state index in [1.165, 1.54) is 6.07 Å². The Bertz CT molecular complexity index is 557. The number of alkyl halides is 1. The molecule has 2 aromatic rings. The first-order chi connectivity index (χ1) is 7.63. The smallest absolute Gasteiger partial charge is 0.239 e. The highest BCUT2D eigenvalue weighted by molar-refractivity contribution is 7.00. The highest BCUT2D eigenvalue weighted by Gasteiger charge is 2.15. The molecule has 1 amide bonds. The van der Waals surface area contributed by atoms with Crippen LogP contribution >= 0.6 is 46.5 Å². The summed E-state index contributed by atoms with van der Waals surface area (Å²) in [5.74, 6) is -0.516. The van der Waals surface area contributed by atoms with Crippen LogP contribution in [0.25, 0.3) is 11.0 Å². The van der Waals surface area contributed by atoms with Crippen molar-refractivity contribution in [1.82, 2.24) is 8.75 Å². The molecular weight excluding hydrogens is 293 g/mol. The first-order valence-electron chi connectivity index (χ1n) is 4.09. The molecule has 1 heterocycles. The Morgan fingerprint density at radius 1 is 1.31 bits per heavy atom. The summed E-state index contributed by atoms with van der Waals surface area (Å²) < 4.78 is 8.04. The number of hydrogen-bond acceptors (Lipinski definition) is 4. The van der Waals surface area contributed by atoms with Gasteiger partial charge in [0.05, 0.1) is 27.5 Å². The minimum Gasteiger partial charge on any atom is -0.322 e. The van der Waals surface area contributed by atoms with Crippen LogP contribution in [0.15, 0.2) is 6.07 Å². The summed E-state index contributed by atoms with van der Waals surface area (Å²) in [5.41, 5.74) is 1.38. The van der Waals surface area contributed by atoms with E-state index in [0.29, 0.717) is 26.8 Å². The van der Waals surface area contributed by atoms with Crippen molar-refractivity contribution in [3.63, 3.8) is 0 Å². The second kappa shape index (κ2) is 4.71. The Kier molecular flexibility index (Phi) is 3.49. The van der Waals surface area contributed by atoms with E-state index in [4.69, 9.17) is 34.8 Å².